The van der Waals surface area contributed by atoms with Crippen LogP contribution < -0.4 is 5.32 Å². The monoisotopic (exact) mass is 124 g/mol. The lowest BCUT2D eigenvalue weighted by Crippen LogP contribution is -2.17. The highest BCUT2D eigenvalue weighted by molar-refractivity contribution is 4.93. The van der Waals surface area contributed by atoms with Gasteiger partial charge < -0.3 is 5.32 Å². The Balaban J connectivity index is 1.97. The van der Waals surface area contributed by atoms with Crippen molar-refractivity contribution in [1.82, 2.24) is 5.32 Å². The summed E-state index contributed by atoms with van der Waals surface area (Å²) in [6.45, 7) is 2.53. The zero-order chi connectivity index (χ0) is 6.10. The second kappa shape index (κ2) is 2.30. The van der Waals surface area contributed by atoms with Crippen LogP contribution in [0.5, 0.6) is 0 Å². The minimum atomic E-state index is 0.929. The van der Waals surface area contributed by atoms with Crippen molar-refractivity contribution >= 4 is 0 Å². The molecule has 1 nitrogen and oxygen atoms in total. The molecular weight excluding hydrogens is 110 g/mol. The molecule has 0 aromatic carbocycles. The average Bonchev–Trinajstić information content (AvgIpc) is 2.33. The number of hydrogen-bond acceptors (Lipinski definition) is 1. The summed E-state index contributed by atoms with van der Waals surface area (Å²) < 4.78 is 0. The maximum absolute atomic E-state index is 3.43. The van der Waals surface area contributed by atoms with Crippen molar-refractivity contribution < 1.29 is 0 Å². The van der Waals surface area contributed by atoms with E-state index in [0.29, 0.717) is 0 Å². The van der Waals surface area contributed by atoms with Crippen LogP contribution in [0.1, 0.15) is 19.3 Å². The lowest BCUT2D eigenvalue weighted by atomic mass is 9.82. The van der Waals surface area contributed by atoms with Gasteiger partial charge in [-0.25, -0.2) is 0 Å². The number of fused-ring (bicyclic) bond motifs is 1. The van der Waals surface area contributed by atoms with E-state index in [4.69, 9.17) is 0 Å². The first-order valence-electron chi connectivity index (χ1n) is 4.01. The van der Waals surface area contributed by atoms with Crippen LogP contribution in [0.4, 0.5) is 0 Å². The molecule has 2 unspecified atom stereocenters. The van der Waals surface area contributed by atoms with Gasteiger partial charge in [-0.1, -0.05) is 6.42 Å². The van der Waals surface area contributed by atoms with Crippen LogP contribution in [0.15, 0.2) is 0 Å². The van der Waals surface area contributed by atoms with Crippen molar-refractivity contribution in [1.29, 1.82) is 0 Å². The smallest absolute Gasteiger partial charge is 0.00145 e. The molecule has 1 radical (unpaired) electrons. The molecule has 51 valence electrons. The SMILES string of the molecule is [CH]1CCCC2CNCC12. The Morgan fingerprint density at radius 3 is 3.22 bits per heavy atom. The summed E-state index contributed by atoms with van der Waals surface area (Å²) in [5.41, 5.74) is 0. The fraction of sp³-hybridized carbons (Fsp3) is 0.875. The minimum absolute atomic E-state index is 0.929. The minimum Gasteiger partial charge on any atom is -0.316 e. The molecular formula is C8H14N. The molecule has 0 aromatic rings. The van der Waals surface area contributed by atoms with Gasteiger partial charge in [0.25, 0.3) is 0 Å². The van der Waals surface area contributed by atoms with Crippen LogP contribution in [0.3, 0.4) is 0 Å². The van der Waals surface area contributed by atoms with Gasteiger partial charge in [0.05, 0.1) is 0 Å². The molecule has 1 heterocycles. The van der Waals surface area contributed by atoms with Gasteiger partial charge >= 0.3 is 0 Å². The van der Waals surface area contributed by atoms with E-state index in [2.05, 4.69) is 11.7 Å². The standard InChI is InChI=1S/C8H14N/c1-2-4-8-6-9-5-7(8)3-1/h3,7-9H,1-2,4-6H2. The van der Waals surface area contributed by atoms with Crippen molar-refractivity contribution in [2.24, 2.45) is 11.8 Å². The maximum Gasteiger partial charge on any atom is -0.00145 e. The van der Waals surface area contributed by atoms with E-state index >= 15 is 0 Å². The molecule has 1 aliphatic carbocycles. The Kier molecular flexibility index (Phi) is 1.46. The van der Waals surface area contributed by atoms with Crippen LogP contribution in [0.25, 0.3) is 0 Å². The number of hydrogen-bond donors (Lipinski definition) is 1. The molecule has 2 fully saturated rings. The van der Waals surface area contributed by atoms with Crippen LogP contribution in [-0.4, -0.2) is 13.1 Å². The van der Waals surface area contributed by atoms with E-state index in [1.165, 1.54) is 32.4 Å². The second-order valence-electron chi connectivity index (χ2n) is 3.25. The molecule has 1 saturated heterocycles. The van der Waals surface area contributed by atoms with Gasteiger partial charge in [-0.2, -0.15) is 0 Å². The summed E-state index contributed by atoms with van der Waals surface area (Å²) in [6, 6.07) is 0. The third-order valence-corrected chi connectivity index (χ3v) is 2.64. The molecule has 2 atom stereocenters. The van der Waals surface area contributed by atoms with Gasteiger partial charge in [0.1, 0.15) is 0 Å². The lowest BCUT2D eigenvalue weighted by Gasteiger charge is -2.22. The van der Waals surface area contributed by atoms with Crippen molar-refractivity contribution in [3.05, 3.63) is 6.42 Å². The predicted octanol–water partition coefficient (Wildman–Crippen LogP) is 1.21. The summed E-state index contributed by atoms with van der Waals surface area (Å²) in [4.78, 5) is 0. The van der Waals surface area contributed by atoms with Gasteiger partial charge in [0.2, 0.25) is 0 Å². The molecule has 1 N–H and O–H groups in total. The van der Waals surface area contributed by atoms with E-state index in [1.807, 2.05) is 0 Å². The largest absolute Gasteiger partial charge is 0.316 e. The maximum atomic E-state index is 3.43. The zero-order valence-corrected chi connectivity index (χ0v) is 5.77. The molecule has 2 aliphatic rings. The third-order valence-electron chi connectivity index (χ3n) is 2.64. The van der Waals surface area contributed by atoms with Crippen molar-refractivity contribution in [2.75, 3.05) is 13.1 Å². The summed E-state index contributed by atoms with van der Waals surface area (Å²) in [5.74, 6) is 1.93. The normalized spacial score (nSPS) is 42.7. The first-order valence-corrected chi connectivity index (χ1v) is 4.01. The summed E-state index contributed by atoms with van der Waals surface area (Å²) >= 11 is 0. The van der Waals surface area contributed by atoms with Crippen LogP contribution in [0.2, 0.25) is 0 Å². The number of nitrogens with one attached hydrogen (secondary N) is 1. The lowest BCUT2D eigenvalue weighted by molar-refractivity contribution is 0.369. The molecule has 1 saturated carbocycles. The molecule has 1 heteroatoms. The van der Waals surface area contributed by atoms with E-state index in [-0.39, 0.29) is 0 Å². The van der Waals surface area contributed by atoms with Crippen LogP contribution in [-0.2, 0) is 0 Å². The van der Waals surface area contributed by atoms with E-state index in [1.54, 1.807) is 0 Å². The van der Waals surface area contributed by atoms with Crippen molar-refractivity contribution in [2.45, 2.75) is 19.3 Å². The van der Waals surface area contributed by atoms with E-state index in [0.717, 1.165) is 11.8 Å². The molecule has 2 rings (SSSR count). The average molecular weight is 124 g/mol. The Hall–Kier alpha value is -0.0400. The molecule has 0 aromatic heterocycles. The highest BCUT2D eigenvalue weighted by Gasteiger charge is 2.28. The van der Waals surface area contributed by atoms with Gasteiger partial charge in [0.15, 0.2) is 0 Å². The molecule has 0 bridgehead atoms. The van der Waals surface area contributed by atoms with Crippen molar-refractivity contribution in [3.63, 3.8) is 0 Å². The van der Waals surface area contributed by atoms with Gasteiger partial charge in [-0.15, -0.1) is 0 Å². The molecule has 1 aliphatic heterocycles. The Labute approximate surface area is 56.8 Å². The zero-order valence-electron chi connectivity index (χ0n) is 5.77. The first kappa shape index (κ1) is 5.72. The Bertz CT molecular complexity index is 88.7. The summed E-state index contributed by atoms with van der Waals surface area (Å²) in [7, 11) is 0. The van der Waals surface area contributed by atoms with Gasteiger partial charge in [0, 0.05) is 0 Å². The molecule has 0 spiro atoms. The summed E-state index contributed by atoms with van der Waals surface area (Å²) in [6.07, 6.45) is 6.77. The van der Waals surface area contributed by atoms with E-state index < -0.39 is 0 Å². The van der Waals surface area contributed by atoms with E-state index in [9.17, 15) is 0 Å². The Morgan fingerprint density at radius 2 is 2.33 bits per heavy atom. The number of rotatable bonds is 0. The molecule has 9 heavy (non-hydrogen) atoms. The van der Waals surface area contributed by atoms with Gasteiger partial charge in [-0.3, -0.25) is 0 Å². The van der Waals surface area contributed by atoms with Crippen molar-refractivity contribution in [3.8, 4) is 0 Å². The topological polar surface area (TPSA) is 12.0 Å². The predicted molar refractivity (Wildman–Crippen MR) is 38.0 cm³/mol. The van der Waals surface area contributed by atoms with Gasteiger partial charge in [-0.05, 0) is 44.2 Å². The molecule has 0 amide bonds. The van der Waals surface area contributed by atoms with Crippen LogP contribution >= 0.6 is 0 Å². The summed E-state index contributed by atoms with van der Waals surface area (Å²) in [5, 5.41) is 3.43. The third kappa shape index (κ3) is 0.983. The fourth-order valence-corrected chi connectivity index (χ4v) is 2.06. The fourth-order valence-electron chi connectivity index (χ4n) is 2.06. The van der Waals surface area contributed by atoms with Crippen LogP contribution in [0, 0.1) is 18.3 Å². The second-order valence-corrected chi connectivity index (χ2v) is 3.25. The highest BCUT2D eigenvalue weighted by Crippen LogP contribution is 2.31. The Morgan fingerprint density at radius 1 is 1.33 bits per heavy atom. The quantitative estimate of drug-likeness (QED) is 0.512. The highest BCUT2D eigenvalue weighted by atomic mass is 14.9. The first-order chi connectivity index (χ1) is 4.47.